The molecule has 2 N–H and O–H groups in total. The van der Waals surface area contributed by atoms with Gasteiger partial charge in [0.05, 0.1) is 12.7 Å². The Hall–Kier alpha value is -1.06. The molecule has 1 aromatic carbocycles. The number of rotatable bonds is 7. The maximum atomic E-state index is 9.67. The Morgan fingerprint density at radius 1 is 1.24 bits per heavy atom. The minimum Gasteiger partial charge on any atom is -0.493 e. The van der Waals surface area contributed by atoms with Gasteiger partial charge < -0.3 is 15.2 Å². The highest BCUT2D eigenvalue weighted by Gasteiger charge is 2.19. The Morgan fingerprint density at radius 2 is 2.00 bits per heavy atom. The van der Waals surface area contributed by atoms with Crippen LogP contribution in [-0.4, -0.2) is 24.4 Å². The van der Waals surface area contributed by atoms with Gasteiger partial charge in [-0.2, -0.15) is 0 Å². The topological polar surface area (TPSA) is 41.5 Å². The summed E-state index contributed by atoms with van der Waals surface area (Å²) in [7, 11) is 0. The highest BCUT2D eigenvalue weighted by Crippen LogP contribution is 2.23. The van der Waals surface area contributed by atoms with E-state index in [1.165, 1.54) is 12.0 Å². The second-order valence-corrected chi connectivity index (χ2v) is 6.67. The molecule has 0 aliphatic heterocycles. The van der Waals surface area contributed by atoms with Gasteiger partial charge in [-0.15, -0.1) is 0 Å². The van der Waals surface area contributed by atoms with Gasteiger partial charge in [-0.1, -0.05) is 32.4 Å². The van der Waals surface area contributed by atoms with Crippen molar-refractivity contribution in [3.8, 4) is 5.75 Å². The molecule has 1 saturated carbocycles. The molecule has 118 valence electrons. The highest BCUT2D eigenvalue weighted by molar-refractivity contribution is 5.27. The van der Waals surface area contributed by atoms with Gasteiger partial charge in [0.25, 0.3) is 0 Å². The predicted octanol–water partition coefficient (Wildman–Crippen LogP) is 3.36. The molecule has 2 rings (SSSR count). The third-order valence-electron chi connectivity index (χ3n) is 4.02. The van der Waals surface area contributed by atoms with E-state index in [1.54, 1.807) is 0 Å². The summed E-state index contributed by atoms with van der Waals surface area (Å²) in [6.45, 7) is 6.96. The molecule has 0 bridgehead atoms. The first-order chi connectivity index (χ1) is 10.1. The number of nitrogens with one attached hydrogen (secondary N) is 1. The molecule has 21 heavy (non-hydrogen) atoms. The van der Waals surface area contributed by atoms with Crippen LogP contribution in [0.3, 0.4) is 0 Å². The summed E-state index contributed by atoms with van der Waals surface area (Å²) in [4.78, 5) is 0. The molecule has 0 amide bonds. The van der Waals surface area contributed by atoms with Crippen LogP contribution in [-0.2, 0) is 6.54 Å². The van der Waals surface area contributed by atoms with Crippen LogP contribution in [0.4, 0.5) is 0 Å². The number of aliphatic hydroxyl groups excluding tert-OH is 1. The first kappa shape index (κ1) is 16.3. The molecule has 0 radical (unpaired) electrons. The van der Waals surface area contributed by atoms with Gasteiger partial charge >= 0.3 is 0 Å². The van der Waals surface area contributed by atoms with Gasteiger partial charge in [0.2, 0.25) is 0 Å². The fourth-order valence-corrected chi connectivity index (χ4v) is 2.84. The van der Waals surface area contributed by atoms with Crippen LogP contribution in [0.2, 0.25) is 0 Å². The number of ether oxygens (including phenoxy) is 1. The summed E-state index contributed by atoms with van der Waals surface area (Å²) in [5.41, 5.74) is 1.28. The fraction of sp³-hybridized carbons (Fsp3) is 0.667. The molecular weight excluding hydrogens is 262 g/mol. The lowest BCUT2D eigenvalue weighted by Gasteiger charge is -2.26. The van der Waals surface area contributed by atoms with Crippen molar-refractivity contribution >= 4 is 0 Å². The van der Waals surface area contributed by atoms with E-state index in [9.17, 15) is 5.11 Å². The molecule has 0 spiro atoms. The van der Waals surface area contributed by atoms with Crippen LogP contribution in [0, 0.1) is 11.8 Å². The van der Waals surface area contributed by atoms with Crippen LogP contribution in [0.5, 0.6) is 5.75 Å². The SMILES string of the molecule is CC(C)COc1ccc(CNCC2CCCC(O)C2)cc1. The van der Waals surface area contributed by atoms with Gasteiger partial charge in [-0.3, -0.25) is 0 Å². The van der Waals surface area contributed by atoms with E-state index in [2.05, 4.69) is 31.3 Å². The molecule has 1 aromatic rings. The van der Waals surface area contributed by atoms with Crippen LogP contribution < -0.4 is 10.1 Å². The molecule has 1 aliphatic rings. The summed E-state index contributed by atoms with van der Waals surface area (Å²) >= 11 is 0. The minimum atomic E-state index is -0.0806. The number of benzene rings is 1. The zero-order valence-electron chi connectivity index (χ0n) is 13.3. The molecule has 0 heterocycles. The van der Waals surface area contributed by atoms with Crippen molar-refractivity contribution < 1.29 is 9.84 Å². The molecular formula is C18H29NO2. The molecule has 1 aliphatic carbocycles. The van der Waals surface area contributed by atoms with E-state index in [4.69, 9.17) is 4.74 Å². The van der Waals surface area contributed by atoms with Crippen molar-refractivity contribution in [2.75, 3.05) is 13.2 Å². The quantitative estimate of drug-likeness (QED) is 0.809. The van der Waals surface area contributed by atoms with E-state index < -0.39 is 0 Å². The largest absolute Gasteiger partial charge is 0.493 e. The Kier molecular flexibility index (Phi) is 6.52. The third kappa shape index (κ3) is 6.06. The molecule has 0 aromatic heterocycles. The number of hydrogen-bond donors (Lipinski definition) is 2. The van der Waals surface area contributed by atoms with E-state index in [0.717, 1.165) is 44.7 Å². The average molecular weight is 291 g/mol. The van der Waals surface area contributed by atoms with Crippen molar-refractivity contribution in [3.63, 3.8) is 0 Å². The number of hydrogen-bond acceptors (Lipinski definition) is 3. The molecule has 2 unspecified atom stereocenters. The van der Waals surface area contributed by atoms with E-state index in [0.29, 0.717) is 11.8 Å². The van der Waals surface area contributed by atoms with Crippen molar-refractivity contribution in [1.82, 2.24) is 5.32 Å². The molecule has 0 saturated heterocycles. The average Bonchev–Trinajstić information content (AvgIpc) is 2.46. The van der Waals surface area contributed by atoms with E-state index in [-0.39, 0.29) is 6.10 Å². The first-order valence-electron chi connectivity index (χ1n) is 8.24. The Bertz CT molecular complexity index is 402. The third-order valence-corrected chi connectivity index (χ3v) is 4.02. The van der Waals surface area contributed by atoms with Crippen LogP contribution in [0.15, 0.2) is 24.3 Å². The smallest absolute Gasteiger partial charge is 0.119 e. The highest BCUT2D eigenvalue weighted by atomic mass is 16.5. The molecule has 1 fully saturated rings. The van der Waals surface area contributed by atoms with Gasteiger partial charge in [0.1, 0.15) is 5.75 Å². The van der Waals surface area contributed by atoms with Gasteiger partial charge in [0, 0.05) is 6.54 Å². The van der Waals surface area contributed by atoms with Crippen molar-refractivity contribution in [1.29, 1.82) is 0 Å². The second-order valence-electron chi connectivity index (χ2n) is 6.67. The summed E-state index contributed by atoms with van der Waals surface area (Å²) < 4.78 is 5.69. The lowest BCUT2D eigenvalue weighted by atomic mass is 9.87. The minimum absolute atomic E-state index is 0.0806. The number of aliphatic hydroxyl groups is 1. The summed E-state index contributed by atoms with van der Waals surface area (Å²) in [6.07, 6.45) is 4.26. The standard InChI is InChI=1S/C18H29NO2/c1-14(2)13-21-18-8-6-15(7-9-18)11-19-12-16-4-3-5-17(20)10-16/h6-9,14,16-17,19-20H,3-5,10-13H2,1-2H3. The van der Waals surface area contributed by atoms with Crippen LogP contribution in [0.25, 0.3) is 0 Å². The Morgan fingerprint density at radius 3 is 2.67 bits per heavy atom. The maximum Gasteiger partial charge on any atom is 0.119 e. The van der Waals surface area contributed by atoms with Crippen LogP contribution >= 0.6 is 0 Å². The van der Waals surface area contributed by atoms with E-state index in [1.807, 2.05) is 12.1 Å². The lowest BCUT2D eigenvalue weighted by molar-refractivity contribution is 0.101. The summed E-state index contributed by atoms with van der Waals surface area (Å²) in [5, 5.41) is 13.2. The Labute approximate surface area is 128 Å². The predicted molar refractivity (Wildman–Crippen MR) is 86.4 cm³/mol. The lowest BCUT2D eigenvalue weighted by Crippen LogP contribution is -2.28. The second kappa shape index (κ2) is 8.40. The van der Waals surface area contributed by atoms with Crippen molar-refractivity contribution in [2.24, 2.45) is 11.8 Å². The summed E-state index contributed by atoms with van der Waals surface area (Å²) in [5.74, 6) is 2.13. The Balaban J connectivity index is 1.68. The van der Waals surface area contributed by atoms with Gasteiger partial charge in [-0.05, 0) is 55.3 Å². The van der Waals surface area contributed by atoms with E-state index >= 15 is 0 Å². The summed E-state index contributed by atoms with van der Waals surface area (Å²) in [6, 6.07) is 8.34. The first-order valence-corrected chi connectivity index (χ1v) is 8.24. The van der Waals surface area contributed by atoms with Gasteiger partial charge in [0.15, 0.2) is 0 Å². The monoisotopic (exact) mass is 291 g/mol. The van der Waals surface area contributed by atoms with Crippen LogP contribution in [0.1, 0.15) is 45.1 Å². The zero-order valence-corrected chi connectivity index (χ0v) is 13.3. The maximum absolute atomic E-state index is 9.67. The fourth-order valence-electron chi connectivity index (χ4n) is 2.84. The molecule has 3 heteroatoms. The molecule has 2 atom stereocenters. The van der Waals surface area contributed by atoms with Crippen molar-refractivity contribution in [3.05, 3.63) is 29.8 Å². The normalized spacial score (nSPS) is 22.5. The van der Waals surface area contributed by atoms with Gasteiger partial charge in [-0.25, -0.2) is 0 Å². The molecule has 3 nitrogen and oxygen atoms in total. The zero-order chi connectivity index (χ0) is 15.1. The van der Waals surface area contributed by atoms with Crippen molar-refractivity contribution in [2.45, 2.75) is 52.2 Å².